The summed E-state index contributed by atoms with van der Waals surface area (Å²) in [4.78, 5) is 23.7. The molecule has 2 N–H and O–H groups in total. The van der Waals surface area contributed by atoms with Crippen LogP contribution < -0.4 is 20.2 Å². The number of alkyl halides is 3. The van der Waals surface area contributed by atoms with E-state index in [-0.39, 0.29) is 5.69 Å². The molecule has 0 fully saturated rings. The molecule has 0 aliphatic heterocycles. The third-order valence-electron chi connectivity index (χ3n) is 3.53. The maximum atomic E-state index is 12.7. The Morgan fingerprint density at radius 1 is 1.07 bits per heavy atom. The minimum Gasteiger partial charge on any atom is -0.496 e. The van der Waals surface area contributed by atoms with Crippen LogP contribution in [0.2, 0.25) is 0 Å². The molecular formula is C18H15BrF3N3O4. The summed E-state index contributed by atoms with van der Waals surface area (Å²) in [5.41, 5.74) is 1.33. The normalized spacial score (nSPS) is 11.2. The van der Waals surface area contributed by atoms with Crippen LogP contribution >= 0.6 is 15.9 Å². The number of hydrogen-bond donors (Lipinski definition) is 2. The van der Waals surface area contributed by atoms with Gasteiger partial charge in [0.2, 0.25) is 0 Å². The van der Waals surface area contributed by atoms with E-state index >= 15 is 0 Å². The van der Waals surface area contributed by atoms with Gasteiger partial charge in [-0.05, 0) is 40.2 Å². The van der Waals surface area contributed by atoms with Gasteiger partial charge in [-0.2, -0.15) is 18.3 Å². The molecular weight excluding hydrogens is 459 g/mol. The number of hydrazone groups is 1. The number of carbonyl (C=O) groups excluding carboxylic acids is 2. The summed E-state index contributed by atoms with van der Waals surface area (Å²) in [6.45, 7) is 0. The van der Waals surface area contributed by atoms with Crippen LogP contribution in [0.15, 0.2) is 46.0 Å². The van der Waals surface area contributed by atoms with Gasteiger partial charge in [-0.15, -0.1) is 0 Å². The largest absolute Gasteiger partial charge is 0.496 e. The van der Waals surface area contributed by atoms with E-state index in [2.05, 4.69) is 26.3 Å². The standard InChI is InChI=1S/C18H15BrF3N3O4/c1-28-14-8-15(29-2)13(19)6-10(14)9-23-25-17(27)16(26)24-12-5-3-4-11(7-12)18(20,21)22/h3-9H,1-2H3,(H,24,26)(H,25,27)/b23-9-. The number of halogens is 4. The van der Waals surface area contributed by atoms with Crippen molar-refractivity contribution in [1.82, 2.24) is 5.43 Å². The maximum Gasteiger partial charge on any atom is 0.416 e. The Morgan fingerprint density at radius 2 is 1.76 bits per heavy atom. The summed E-state index contributed by atoms with van der Waals surface area (Å²) >= 11 is 3.30. The highest BCUT2D eigenvalue weighted by atomic mass is 79.9. The molecule has 2 amide bonds. The Kier molecular flexibility index (Phi) is 7.21. The van der Waals surface area contributed by atoms with Gasteiger partial charge in [0.05, 0.1) is 30.5 Å². The smallest absolute Gasteiger partial charge is 0.416 e. The molecule has 2 rings (SSSR count). The minimum absolute atomic E-state index is 0.176. The Hall–Kier alpha value is -3.08. The predicted molar refractivity (Wildman–Crippen MR) is 103 cm³/mol. The molecule has 0 heterocycles. The number of nitrogens with zero attached hydrogens (tertiary/aromatic N) is 1. The lowest BCUT2D eigenvalue weighted by Gasteiger charge is -2.10. The van der Waals surface area contributed by atoms with Crippen LogP contribution in [-0.2, 0) is 15.8 Å². The van der Waals surface area contributed by atoms with E-state index in [1.807, 2.05) is 5.43 Å². The number of nitrogens with one attached hydrogen (secondary N) is 2. The molecule has 0 saturated heterocycles. The number of benzene rings is 2. The molecule has 2 aromatic carbocycles. The van der Waals surface area contributed by atoms with Gasteiger partial charge < -0.3 is 14.8 Å². The summed E-state index contributed by atoms with van der Waals surface area (Å²) in [7, 11) is 2.91. The molecule has 0 aliphatic carbocycles. The van der Waals surface area contributed by atoms with Gasteiger partial charge in [0, 0.05) is 17.3 Å². The van der Waals surface area contributed by atoms with Gasteiger partial charge in [0.15, 0.2) is 0 Å². The van der Waals surface area contributed by atoms with Crippen molar-refractivity contribution in [3.05, 3.63) is 52.0 Å². The highest BCUT2D eigenvalue weighted by molar-refractivity contribution is 9.10. The van der Waals surface area contributed by atoms with Crippen molar-refractivity contribution in [2.75, 3.05) is 19.5 Å². The summed E-state index contributed by atoms with van der Waals surface area (Å²) in [6, 6.07) is 7.12. The van der Waals surface area contributed by atoms with E-state index in [0.717, 1.165) is 12.1 Å². The van der Waals surface area contributed by atoms with Crippen molar-refractivity contribution in [1.29, 1.82) is 0 Å². The molecule has 0 atom stereocenters. The first-order valence-corrected chi connectivity index (χ1v) is 8.68. The van der Waals surface area contributed by atoms with Crippen molar-refractivity contribution in [2.45, 2.75) is 6.18 Å². The zero-order valence-corrected chi connectivity index (χ0v) is 16.7. The Bertz CT molecular complexity index is 948. The minimum atomic E-state index is -4.57. The lowest BCUT2D eigenvalue weighted by atomic mass is 10.2. The average molecular weight is 474 g/mol. The molecule has 0 unspecified atom stereocenters. The molecule has 2 aromatic rings. The lowest BCUT2D eigenvalue weighted by Crippen LogP contribution is -2.32. The topological polar surface area (TPSA) is 89.0 Å². The van der Waals surface area contributed by atoms with Gasteiger partial charge >= 0.3 is 18.0 Å². The number of rotatable bonds is 5. The Labute approximate surface area is 172 Å². The van der Waals surface area contributed by atoms with Crippen molar-refractivity contribution in [2.24, 2.45) is 5.10 Å². The van der Waals surface area contributed by atoms with Gasteiger partial charge in [-0.25, -0.2) is 5.43 Å². The average Bonchev–Trinajstić information content (AvgIpc) is 2.67. The van der Waals surface area contributed by atoms with Crippen molar-refractivity contribution in [3.8, 4) is 11.5 Å². The fraction of sp³-hybridized carbons (Fsp3) is 0.167. The van der Waals surface area contributed by atoms with Crippen LogP contribution in [0.3, 0.4) is 0 Å². The third-order valence-corrected chi connectivity index (χ3v) is 4.15. The number of anilines is 1. The van der Waals surface area contributed by atoms with Crippen LogP contribution in [-0.4, -0.2) is 32.2 Å². The summed E-state index contributed by atoms with van der Waals surface area (Å²) in [6.07, 6.45) is -3.34. The highest BCUT2D eigenvalue weighted by Gasteiger charge is 2.30. The van der Waals surface area contributed by atoms with E-state index < -0.39 is 23.6 Å². The monoisotopic (exact) mass is 473 g/mol. The molecule has 29 heavy (non-hydrogen) atoms. The number of hydrogen-bond acceptors (Lipinski definition) is 5. The Balaban J connectivity index is 2.04. The van der Waals surface area contributed by atoms with E-state index in [1.54, 1.807) is 12.1 Å². The molecule has 154 valence electrons. The quantitative estimate of drug-likeness (QED) is 0.394. The first kappa shape index (κ1) is 22.2. The van der Waals surface area contributed by atoms with Crippen LogP contribution in [0, 0.1) is 0 Å². The SMILES string of the molecule is COc1cc(OC)c(/C=N\NC(=O)C(=O)Nc2cccc(C(F)(F)F)c2)cc1Br. The fourth-order valence-corrected chi connectivity index (χ4v) is 2.68. The van der Waals surface area contributed by atoms with Crippen LogP contribution in [0.1, 0.15) is 11.1 Å². The van der Waals surface area contributed by atoms with Gasteiger partial charge in [-0.3, -0.25) is 9.59 Å². The molecule has 11 heteroatoms. The van der Waals surface area contributed by atoms with Crippen LogP contribution in [0.4, 0.5) is 18.9 Å². The molecule has 0 bridgehead atoms. The second-order valence-corrected chi connectivity index (χ2v) is 6.31. The summed E-state index contributed by atoms with van der Waals surface area (Å²) in [5, 5.41) is 5.74. The second kappa shape index (κ2) is 9.41. The van der Waals surface area contributed by atoms with Gasteiger partial charge in [0.1, 0.15) is 11.5 Å². The van der Waals surface area contributed by atoms with Crippen LogP contribution in [0.25, 0.3) is 0 Å². The number of methoxy groups -OCH3 is 2. The fourth-order valence-electron chi connectivity index (χ4n) is 2.16. The molecule has 0 spiro atoms. The zero-order valence-electron chi connectivity index (χ0n) is 15.1. The lowest BCUT2D eigenvalue weighted by molar-refractivity contribution is -0.137. The molecule has 0 aromatic heterocycles. The van der Waals surface area contributed by atoms with E-state index in [0.29, 0.717) is 27.6 Å². The van der Waals surface area contributed by atoms with Gasteiger partial charge in [0.25, 0.3) is 0 Å². The molecule has 0 aliphatic rings. The van der Waals surface area contributed by atoms with Crippen molar-refractivity contribution in [3.63, 3.8) is 0 Å². The molecule has 7 nitrogen and oxygen atoms in total. The number of carbonyl (C=O) groups is 2. The Morgan fingerprint density at radius 3 is 2.38 bits per heavy atom. The van der Waals surface area contributed by atoms with E-state index in [1.165, 1.54) is 26.5 Å². The zero-order chi connectivity index (χ0) is 21.6. The highest BCUT2D eigenvalue weighted by Crippen LogP contribution is 2.32. The third kappa shape index (κ3) is 5.95. The van der Waals surface area contributed by atoms with E-state index in [9.17, 15) is 22.8 Å². The van der Waals surface area contributed by atoms with Crippen LogP contribution in [0.5, 0.6) is 11.5 Å². The molecule has 0 radical (unpaired) electrons. The first-order valence-electron chi connectivity index (χ1n) is 7.89. The van der Waals surface area contributed by atoms with Crippen molar-refractivity contribution < 1.29 is 32.2 Å². The number of amides is 2. The predicted octanol–water partition coefficient (Wildman–Crippen LogP) is 3.57. The summed E-state index contributed by atoms with van der Waals surface area (Å²) in [5.74, 6) is -1.42. The first-order chi connectivity index (χ1) is 13.7. The van der Waals surface area contributed by atoms with Gasteiger partial charge in [-0.1, -0.05) is 6.07 Å². The number of ether oxygens (including phenoxy) is 2. The summed E-state index contributed by atoms with van der Waals surface area (Å²) < 4.78 is 49.0. The van der Waals surface area contributed by atoms with E-state index in [4.69, 9.17) is 9.47 Å². The van der Waals surface area contributed by atoms with Crippen molar-refractivity contribution >= 4 is 39.6 Å². The molecule has 0 saturated carbocycles. The maximum absolute atomic E-state index is 12.7. The second-order valence-electron chi connectivity index (χ2n) is 5.46.